The van der Waals surface area contributed by atoms with E-state index in [2.05, 4.69) is 10.5 Å². The summed E-state index contributed by atoms with van der Waals surface area (Å²) in [5, 5.41) is 6.50. The van der Waals surface area contributed by atoms with Crippen molar-refractivity contribution in [1.82, 2.24) is 10.5 Å². The second-order valence-electron chi connectivity index (χ2n) is 5.71. The number of hydrogen-bond acceptors (Lipinski definition) is 4. The highest BCUT2D eigenvalue weighted by Crippen LogP contribution is 2.13. The lowest BCUT2D eigenvalue weighted by Gasteiger charge is -2.14. The number of carbonyl (C=O) groups is 2. The number of nitrogens with zero attached hydrogens (tertiary/aromatic N) is 1. The van der Waals surface area contributed by atoms with Crippen LogP contribution in [-0.2, 0) is 22.4 Å². The van der Waals surface area contributed by atoms with Gasteiger partial charge in [-0.3, -0.25) is 9.59 Å². The molecular weight excluding hydrogens is 313 g/mol. The van der Waals surface area contributed by atoms with E-state index >= 15 is 0 Å². The molecule has 6 nitrogen and oxygen atoms in total. The Morgan fingerprint density at radius 2 is 1.96 bits per heavy atom. The maximum atomic E-state index is 12.9. The Morgan fingerprint density at radius 1 is 1.29 bits per heavy atom. The van der Waals surface area contributed by atoms with Crippen LogP contribution in [0.1, 0.15) is 22.6 Å². The third-order valence-electron chi connectivity index (χ3n) is 3.86. The molecule has 0 radical (unpaired) electrons. The molecule has 0 fully saturated rings. The first kappa shape index (κ1) is 17.7. The van der Waals surface area contributed by atoms with E-state index < -0.39 is 11.8 Å². The van der Waals surface area contributed by atoms with E-state index in [1.54, 1.807) is 26.0 Å². The monoisotopic (exact) mass is 333 g/mol. The zero-order valence-electron chi connectivity index (χ0n) is 13.6. The van der Waals surface area contributed by atoms with Crippen molar-refractivity contribution in [2.24, 2.45) is 11.7 Å². The smallest absolute Gasteiger partial charge is 0.224 e. The molecule has 2 rings (SSSR count). The lowest BCUT2D eigenvalue weighted by atomic mass is 9.98. The fourth-order valence-corrected chi connectivity index (χ4v) is 2.39. The maximum absolute atomic E-state index is 12.9. The Kier molecular flexibility index (Phi) is 5.68. The Morgan fingerprint density at radius 3 is 2.50 bits per heavy atom. The second kappa shape index (κ2) is 7.72. The summed E-state index contributed by atoms with van der Waals surface area (Å²) in [5.74, 6) is -1.07. The molecular formula is C17H20FN3O3. The minimum Gasteiger partial charge on any atom is -0.369 e. The molecule has 2 aromatic rings. The average molecular weight is 333 g/mol. The fraction of sp³-hybridized carbons (Fsp3) is 0.353. The summed E-state index contributed by atoms with van der Waals surface area (Å²) in [6.07, 6.45) is 0.463. The van der Waals surface area contributed by atoms with Gasteiger partial charge in [0, 0.05) is 12.1 Å². The number of halogens is 1. The van der Waals surface area contributed by atoms with E-state index in [1.807, 2.05) is 0 Å². The Bertz CT molecular complexity index is 706. The van der Waals surface area contributed by atoms with Crippen molar-refractivity contribution >= 4 is 11.8 Å². The van der Waals surface area contributed by atoms with Crippen molar-refractivity contribution in [1.29, 1.82) is 0 Å². The molecule has 0 bridgehead atoms. The van der Waals surface area contributed by atoms with Crippen molar-refractivity contribution in [3.63, 3.8) is 0 Å². The third kappa shape index (κ3) is 4.65. The van der Waals surface area contributed by atoms with Gasteiger partial charge in [-0.2, -0.15) is 0 Å². The topological polar surface area (TPSA) is 98.2 Å². The van der Waals surface area contributed by atoms with Gasteiger partial charge in [-0.1, -0.05) is 17.3 Å². The van der Waals surface area contributed by atoms with Gasteiger partial charge in [0.2, 0.25) is 11.8 Å². The van der Waals surface area contributed by atoms with Gasteiger partial charge in [0.15, 0.2) is 0 Å². The van der Waals surface area contributed by atoms with Crippen molar-refractivity contribution in [2.45, 2.75) is 26.7 Å². The molecule has 0 aliphatic carbocycles. The van der Waals surface area contributed by atoms with Gasteiger partial charge in [-0.05, 0) is 38.0 Å². The molecule has 1 aromatic heterocycles. The van der Waals surface area contributed by atoms with Crippen LogP contribution < -0.4 is 11.1 Å². The number of aryl methyl sites for hydroxylation is 2. The zero-order valence-corrected chi connectivity index (χ0v) is 13.6. The van der Waals surface area contributed by atoms with Crippen LogP contribution in [-0.4, -0.2) is 23.5 Å². The third-order valence-corrected chi connectivity index (χ3v) is 3.86. The largest absolute Gasteiger partial charge is 0.369 e. The molecule has 1 aromatic carbocycles. The Balaban J connectivity index is 1.92. The maximum Gasteiger partial charge on any atom is 0.224 e. The van der Waals surface area contributed by atoms with Crippen LogP contribution >= 0.6 is 0 Å². The van der Waals surface area contributed by atoms with Gasteiger partial charge < -0.3 is 15.6 Å². The quantitative estimate of drug-likeness (QED) is 0.801. The lowest BCUT2D eigenvalue weighted by Crippen LogP contribution is -2.37. The molecule has 2 amide bonds. The molecule has 0 unspecified atom stereocenters. The molecule has 1 atom stereocenters. The number of primary amides is 1. The van der Waals surface area contributed by atoms with E-state index in [0.717, 1.165) is 11.1 Å². The molecule has 1 heterocycles. The minimum absolute atomic E-state index is 0.120. The number of benzene rings is 1. The lowest BCUT2D eigenvalue weighted by molar-refractivity contribution is -0.123. The summed E-state index contributed by atoms with van der Waals surface area (Å²) in [7, 11) is 0. The van der Waals surface area contributed by atoms with E-state index in [0.29, 0.717) is 17.9 Å². The number of carbonyl (C=O) groups excluding carboxylic acids is 2. The number of amides is 2. The van der Waals surface area contributed by atoms with Gasteiger partial charge in [0.1, 0.15) is 11.6 Å². The summed E-state index contributed by atoms with van der Waals surface area (Å²) >= 11 is 0. The standard InChI is InChI=1S/C17H20FN3O3/c1-10-15(11(2)24-21-10)8-16(22)20-9-13(17(19)23)7-12-3-5-14(18)6-4-12/h3-6,13H,7-9H2,1-2H3,(H2,19,23)(H,20,22)/t13-/m0/s1. The predicted molar refractivity (Wildman–Crippen MR) is 85.5 cm³/mol. The van der Waals surface area contributed by atoms with Crippen LogP contribution in [0, 0.1) is 25.6 Å². The summed E-state index contributed by atoms with van der Waals surface area (Å²) in [6, 6.07) is 5.83. The fourth-order valence-electron chi connectivity index (χ4n) is 2.39. The van der Waals surface area contributed by atoms with Crippen LogP contribution in [0.15, 0.2) is 28.8 Å². The van der Waals surface area contributed by atoms with Gasteiger partial charge in [0.05, 0.1) is 18.0 Å². The predicted octanol–water partition coefficient (Wildman–Crippen LogP) is 1.43. The first-order chi connectivity index (χ1) is 11.4. The molecule has 0 aliphatic rings. The molecule has 0 spiro atoms. The first-order valence-electron chi connectivity index (χ1n) is 7.59. The van der Waals surface area contributed by atoms with Crippen molar-refractivity contribution in [2.75, 3.05) is 6.54 Å². The van der Waals surface area contributed by atoms with Gasteiger partial charge in [0.25, 0.3) is 0 Å². The average Bonchev–Trinajstić information content (AvgIpc) is 2.85. The molecule has 7 heteroatoms. The minimum atomic E-state index is -0.566. The Labute approximate surface area is 139 Å². The van der Waals surface area contributed by atoms with Gasteiger partial charge >= 0.3 is 0 Å². The summed E-state index contributed by atoms with van der Waals surface area (Å²) in [6.45, 7) is 3.62. The van der Waals surface area contributed by atoms with Crippen molar-refractivity contribution < 1.29 is 18.5 Å². The van der Waals surface area contributed by atoms with E-state index in [1.165, 1.54) is 12.1 Å². The molecule has 0 saturated carbocycles. The van der Waals surface area contributed by atoms with Crippen LogP contribution in [0.3, 0.4) is 0 Å². The van der Waals surface area contributed by atoms with Crippen molar-refractivity contribution in [3.05, 3.63) is 52.7 Å². The first-order valence-corrected chi connectivity index (χ1v) is 7.59. The summed E-state index contributed by atoms with van der Waals surface area (Å²) in [4.78, 5) is 23.6. The summed E-state index contributed by atoms with van der Waals surface area (Å²) < 4.78 is 17.9. The van der Waals surface area contributed by atoms with E-state index in [-0.39, 0.29) is 24.7 Å². The van der Waals surface area contributed by atoms with Crippen LogP contribution in [0.2, 0.25) is 0 Å². The number of hydrogen-bond donors (Lipinski definition) is 2. The number of rotatable bonds is 7. The van der Waals surface area contributed by atoms with Crippen LogP contribution in [0.4, 0.5) is 4.39 Å². The number of nitrogens with two attached hydrogens (primary N) is 1. The Hall–Kier alpha value is -2.70. The summed E-state index contributed by atoms with van der Waals surface area (Å²) in [5.41, 5.74) is 7.58. The van der Waals surface area contributed by atoms with E-state index in [9.17, 15) is 14.0 Å². The molecule has 0 saturated heterocycles. The van der Waals surface area contributed by atoms with Gasteiger partial charge in [-0.15, -0.1) is 0 Å². The molecule has 128 valence electrons. The second-order valence-corrected chi connectivity index (χ2v) is 5.71. The van der Waals surface area contributed by atoms with Crippen molar-refractivity contribution in [3.8, 4) is 0 Å². The SMILES string of the molecule is Cc1noc(C)c1CC(=O)NC[C@H](Cc1ccc(F)cc1)C(N)=O. The van der Waals surface area contributed by atoms with Gasteiger partial charge in [-0.25, -0.2) is 4.39 Å². The highest BCUT2D eigenvalue weighted by molar-refractivity contribution is 5.81. The van der Waals surface area contributed by atoms with Crippen LogP contribution in [0.5, 0.6) is 0 Å². The van der Waals surface area contributed by atoms with Crippen LogP contribution in [0.25, 0.3) is 0 Å². The zero-order chi connectivity index (χ0) is 17.7. The normalized spacial score (nSPS) is 12.0. The number of nitrogens with one attached hydrogen (secondary N) is 1. The highest BCUT2D eigenvalue weighted by Gasteiger charge is 2.19. The van der Waals surface area contributed by atoms with E-state index in [4.69, 9.17) is 10.3 Å². The molecule has 3 N–H and O–H groups in total. The molecule has 0 aliphatic heterocycles. The highest BCUT2D eigenvalue weighted by atomic mass is 19.1. The number of aromatic nitrogens is 1. The molecule has 24 heavy (non-hydrogen) atoms.